The summed E-state index contributed by atoms with van der Waals surface area (Å²) in [5.41, 5.74) is -1.15. The molecule has 1 aromatic rings. The predicted octanol–water partition coefficient (Wildman–Crippen LogP) is 3.24. The predicted molar refractivity (Wildman–Crippen MR) is 50.1 cm³/mol. The zero-order valence-corrected chi connectivity index (χ0v) is 8.85. The van der Waals surface area contributed by atoms with Crippen molar-refractivity contribution in [3.8, 4) is 11.8 Å². The lowest BCUT2D eigenvalue weighted by Crippen LogP contribution is -2.10. The molecule has 80 valence electrons. The second-order valence-electron chi connectivity index (χ2n) is 2.77. The fourth-order valence-electron chi connectivity index (χ4n) is 1.14. The van der Waals surface area contributed by atoms with Gasteiger partial charge in [0.05, 0.1) is 22.5 Å². The maximum absolute atomic E-state index is 12.6. The highest BCUT2D eigenvalue weighted by Crippen LogP contribution is 2.41. The molecule has 0 spiro atoms. The highest BCUT2D eigenvalue weighted by molar-refractivity contribution is 9.10. The normalized spacial score (nSPS) is 11.1. The summed E-state index contributed by atoms with van der Waals surface area (Å²) in [7, 11) is 0. The molecular formula is C9H5BrF3NO. The van der Waals surface area contributed by atoms with Crippen LogP contribution in [0, 0.1) is 11.3 Å². The highest BCUT2D eigenvalue weighted by atomic mass is 79.9. The summed E-state index contributed by atoms with van der Waals surface area (Å²) >= 11 is 2.66. The van der Waals surface area contributed by atoms with Crippen LogP contribution >= 0.6 is 15.9 Å². The van der Waals surface area contributed by atoms with E-state index in [1.165, 1.54) is 0 Å². The Balaban J connectivity index is 3.43. The lowest BCUT2D eigenvalue weighted by Gasteiger charge is -2.13. The molecule has 0 aromatic heterocycles. The molecular weight excluding hydrogens is 275 g/mol. The van der Waals surface area contributed by atoms with Crippen molar-refractivity contribution in [1.82, 2.24) is 0 Å². The summed E-state index contributed by atoms with van der Waals surface area (Å²) in [5.74, 6) is -0.496. The zero-order chi connectivity index (χ0) is 11.6. The second kappa shape index (κ2) is 4.11. The fraction of sp³-hybridized carbons (Fsp3) is 0.222. The summed E-state index contributed by atoms with van der Waals surface area (Å²) in [6.45, 7) is 0. The summed E-state index contributed by atoms with van der Waals surface area (Å²) < 4.78 is 37.3. The summed E-state index contributed by atoms with van der Waals surface area (Å²) in [4.78, 5) is 0. The third kappa shape index (κ3) is 2.42. The number of halogens is 4. The van der Waals surface area contributed by atoms with Gasteiger partial charge in [0.2, 0.25) is 0 Å². The van der Waals surface area contributed by atoms with E-state index in [-0.39, 0.29) is 12.0 Å². The van der Waals surface area contributed by atoms with E-state index in [9.17, 15) is 13.2 Å². The number of phenols is 1. The van der Waals surface area contributed by atoms with Gasteiger partial charge in [0.15, 0.2) is 0 Å². The van der Waals surface area contributed by atoms with Crippen molar-refractivity contribution >= 4 is 15.9 Å². The van der Waals surface area contributed by atoms with Crippen molar-refractivity contribution in [2.75, 3.05) is 0 Å². The first-order valence-electron chi connectivity index (χ1n) is 3.82. The first kappa shape index (κ1) is 11.9. The van der Waals surface area contributed by atoms with E-state index in [1.807, 2.05) is 0 Å². The molecule has 0 aliphatic carbocycles. The first-order valence-corrected chi connectivity index (χ1v) is 4.61. The molecule has 1 aromatic carbocycles. The van der Waals surface area contributed by atoms with Gasteiger partial charge in [-0.1, -0.05) is 6.07 Å². The SMILES string of the molecule is N#CCc1ccc(O)c(Br)c1C(F)(F)F. The van der Waals surface area contributed by atoms with Crippen molar-refractivity contribution in [3.05, 3.63) is 27.7 Å². The molecule has 0 bridgehead atoms. The van der Waals surface area contributed by atoms with E-state index in [2.05, 4.69) is 15.9 Å². The van der Waals surface area contributed by atoms with Crippen LogP contribution in [0.2, 0.25) is 0 Å². The van der Waals surface area contributed by atoms with Crippen molar-refractivity contribution < 1.29 is 18.3 Å². The molecule has 6 heteroatoms. The Hall–Kier alpha value is -1.22. The summed E-state index contributed by atoms with van der Waals surface area (Å²) in [6, 6.07) is 3.85. The fourth-order valence-corrected chi connectivity index (χ4v) is 1.76. The summed E-state index contributed by atoms with van der Waals surface area (Å²) in [5, 5.41) is 17.5. The number of aromatic hydroxyl groups is 1. The Morgan fingerprint density at radius 1 is 1.40 bits per heavy atom. The van der Waals surface area contributed by atoms with Gasteiger partial charge >= 0.3 is 6.18 Å². The molecule has 1 rings (SSSR count). The number of rotatable bonds is 1. The van der Waals surface area contributed by atoms with Gasteiger partial charge in [0.25, 0.3) is 0 Å². The molecule has 1 N–H and O–H groups in total. The van der Waals surface area contributed by atoms with Gasteiger partial charge in [-0.3, -0.25) is 0 Å². The van der Waals surface area contributed by atoms with Crippen LogP contribution in [0.1, 0.15) is 11.1 Å². The minimum absolute atomic E-state index is 0.158. The van der Waals surface area contributed by atoms with Crippen LogP contribution in [0.15, 0.2) is 16.6 Å². The van der Waals surface area contributed by atoms with Crippen LogP contribution < -0.4 is 0 Å². The van der Waals surface area contributed by atoms with Crippen LogP contribution in [0.4, 0.5) is 13.2 Å². The molecule has 0 amide bonds. The van der Waals surface area contributed by atoms with Gasteiger partial charge in [-0.15, -0.1) is 0 Å². The topological polar surface area (TPSA) is 44.0 Å². The van der Waals surface area contributed by atoms with E-state index in [0.29, 0.717) is 0 Å². The average molecular weight is 280 g/mol. The number of phenolic OH excluding ortho intramolecular Hbond substituents is 1. The number of hydrogen-bond donors (Lipinski definition) is 1. The van der Waals surface area contributed by atoms with E-state index < -0.39 is 22.0 Å². The van der Waals surface area contributed by atoms with E-state index in [4.69, 9.17) is 10.4 Å². The molecule has 2 nitrogen and oxygen atoms in total. The smallest absolute Gasteiger partial charge is 0.417 e. The van der Waals surface area contributed by atoms with Crippen LogP contribution in [0.3, 0.4) is 0 Å². The second-order valence-corrected chi connectivity index (χ2v) is 3.56. The third-order valence-corrected chi connectivity index (χ3v) is 2.56. The number of benzene rings is 1. The number of hydrogen-bond acceptors (Lipinski definition) is 2. The number of nitriles is 1. The van der Waals surface area contributed by atoms with Crippen molar-refractivity contribution in [3.63, 3.8) is 0 Å². The monoisotopic (exact) mass is 279 g/mol. The van der Waals surface area contributed by atoms with Crippen LogP contribution in [-0.4, -0.2) is 5.11 Å². The van der Waals surface area contributed by atoms with Crippen LogP contribution in [0.25, 0.3) is 0 Å². The summed E-state index contributed by atoms with van der Waals surface area (Å²) in [6.07, 6.45) is -4.95. The van der Waals surface area contributed by atoms with E-state index in [0.717, 1.165) is 12.1 Å². The number of nitrogens with zero attached hydrogens (tertiary/aromatic N) is 1. The van der Waals surface area contributed by atoms with Gasteiger partial charge in [-0.25, -0.2) is 0 Å². The molecule has 15 heavy (non-hydrogen) atoms. The molecule has 0 aliphatic rings. The van der Waals surface area contributed by atoms with Gasteiger partial charge in [-0.2, -0.15) is 18.4 Å². The van der Waals surface area contributed by atoms with Gasteiger partial charge in [-0.05, 0) is 27.6 Å². The Morgan fingerprint density at radius 3 is 2.47 bits per heavy atom. The van der Waals surface area contributed by atoms with Gasteiger partial charge in [0, 0.05) is 0 Å². The number of alkyl halides is 3. The maximum Gasteiger partial charge on any atom is 0.417 e. The maximum atomic E-state index is 12.6. The largest absolute Gasteiger partial charge is 0.507 e. The first-order chi connectivity index (χ1) is 6.88. The highest BCUT2D eigenvalue weighted by Gasteiger charge is 2.36. The molecule has 0 unspecified atom stereocenters. The molecule has 0 heterocycles. The molecule has 0 saturated heterocycles. The van der Waals surface area contributed by atoms with E-state index in [1.54, 1.807) is 6.07 Å². The van der Waals surface area contributed by atoms with Gasteiger partial charge < -0.3 is 5.11 Å². The average Bonchev–Trinajstić information content (AvgIpc) is 2.10. The van der Waals surface area contributed by atoms with Crippen molar-refractivity contribution in [1.29, 1.82) is 5.26 Å². The lowest BCUT2D eigenvalue weighted by molar-refractivity contribution is -0.138. The lowest BCUT2D eigenvalue weighted by atomic mass is 10.0. The molecule has 0 saturated carbocycles. The van der Waals surface area contributed by atoms with Crippen LogP contribution in [0.5, 0.6) is 5.75 Å². The molecule has 0 atom stereocenters. The molecule has 0 radical (unpaired) electrons. The van der Waals surface area contributed by atoms with Crippen LogP contribution in [-0.2, 0) is 12.6 Å². The minimum atomic E-state index is -4.59. The quantitative estimate of drug-likeness (QED) is 0.858. The molecule has 0 aliphatic heterocycles. The van der Waals surface area contributed by atoms with E-state index >= 15 is 0 Å². The zero-order valence-electron chi connectivity index (χ0n) is 7.27. The van der Waals surface area contributed by atoms with Crippen molar-refractivity contribution in [2.24, 2.45) is 0 Å². The Bertz CT molecular complexity index is 423. The van der Waals surface area contributed by atoms with Crippen molar-refractivity contribution in [2.45, 2.75) is 12.6 Å². The minimum Gasteiger partial charge on any atom is -0.507 e. The Kier molecular flexibility index (Phi) is 3.25. The Morgan fingerprint density at radius 2 is 2.00 bits per heavy atom. The standard InChI is InChI=1S/C9H5BrF3NO/c10-8-6(15)2-1-5(3-4-14)7(8)9(11,12)13/h1-2,15H,3H2. The molecule has 0 fully saturated rings. The third-order valence-electron chi connectivity index (χ3n) is 1.76. The van der Waals surface area contributed by atoms with Gasteiger partial charge in [0.1, 0.15) is 5.75 Å². The Labute approximate surface area is 92.1 Å².